The predicted molar refractivity (Wildman–Crippen MR) is 57.3 cm³/mol. The fourth-order valence-electron chi connectivity index (χ4n) is 1.16. The highest BCUT2D eigenvalue weighted by Gasteiger charge is 2.04. The van der Waals surface area contributed by atoms with Crippen LogP contribution >= 0.6 is 11.3 Å². The molecule has 4 heteroatoms. The van der Waals surface area contributed by atoms with Gasteiger partial charge in [0, 0.05) is 11.6 Å². The van der Waals surface area contributed by atoms with Crippen molar-refractivity contribution < 1.29 is 0 Å². The van der Waals surface area contributed by atoms with E-state index in [0.29, 0.717) is 0 Å². The summed E-state index contributed by atoms with van der Waals surface area (Å²) < 4.78 is 0. The van der Waals surface area contributed by atoms with Crippen LogP contribution in [0, 0.1) is 6.92 Å². The van der Waals surface area contributed by atoms with Crippen molar-refractivity contribution in [2.24, 2.45) is 0 Å². The summed E-state index contributed by atoms with van der Waals surface area (Å²) in [6.07, 6.45) is 2.74. The first-order valence-electron chi connectivity index (χ1n) is 4.54. The molecule has 0 spiro atoms. The molecule has 0 aromatic carbocycles. The molecule has 14 heavy (non-hydrogen) atoms. The normalized spacial score (nSPS) is 10.4. The van der Waals surface area contributed by atoms with Crippen molar-refractivity contribution >= 4 is 11.3 Å². The van der Waals surface area contributed by atoms with Gasteiger partial charge in [0.15, 0.2) is 0 Å². The Kier molecular flexibility index (Phi) is 2.54. The predicted octanol–water partition coefficient (Wildman–Crippen LogP) is 2.47. The molecule has 0 saturated heterocycles. The number of rotatable bonds is 2. The molecule has 0 aliphatic carbocycles. The maximum absolute atomic E-state index is 4.47. The first kappa shape index (κ1) is 9.27. The van der Waals surface area contributed by atoms with Crippen molar-refractivity contribution in [3.8, 4) is 10.7 Å². The van der Waals surface area contributed by atoms with Gasteiger partial charge in [0.25, 0.3) is 0 Å². The summed E-state index contributed by atoms with van der Waals surface area (Å²) in [4.78, 5) is 12.9. The van der Waals surface area contributed by atoms with E-state index in [4.69, 9.17) is 0 Å². The van der Waals surface area contributed by atoms with Crippen molar-refractivity contribution in [3.63, 3.8) is 0 Å². The minimum absolute atomic E-state index is 0.788. The molecule has 2 rings (SSSR count). The second kappa shape index (κ2) is 3.84. The topological polar surface area (TPSA) is 38.7 Å². The Morgan fingerprint density at radius 2 is 2.21 bits per heavy atom. The molecule has 0 saturated carbocycles. The van der Waals surface area contributed by atoms with E-state index >= 15 is 0 Å². The van der Waals surface area contributed by atoms with Gasteiger partial charge in [-0.3, -0.25) is 0 Å². The van der Waals surface area contributed by atoms with E-state index in [1.165, 1.54) is 0 Å². The summed E-state index contributed by atoms with van der Waals surface area (Å²) in [5, 5.41) is 3.06. The Balaban J connectivity index is 2.39. The van der Waals surface area contributed by atoms with Gasteiger partial charge in [-0.05, 0) is 19.4 Å². The zero-order valence-electron chi connectivity index (χ0n) is 8.19. The van der Waals surface area contributed by atoms with E-state index in [0.717, 1.165) is 28.6 Å². The Morgan fingerprint density at radius 3 is 2.86 bits per heavy atom. The summed E-state index contributed by atoms with van der Waals surface area (Å²) in [6, 6.07) is 1.89. The number of nitrogens with zero attached hydrogens (tertiary/aromatic N) is 3. The van der Waals surface area contributed by atoms with Crippen LogP contribution < -0.4 is 0 Å². The molecule has 2 heterocycles. The highest BCUT2D eigenvalue weighted by Crippen LogP contribution is 2.21. The summed E-state index contributed by atoms with van der Waals surface area (Å²) >= 11 is 1.63. The summed E-state index contributed by atoms with van der Waals surface area (Å²) in [5.74, 6) is 0.788. The summed E-state index contributed by atoms with van der Waals surface area (Å²) in [7, 11) is 0. The van der Waals surface area contributed by atoms with Crippen molar-refractivity contribution in [2.75, 3.05) is 0 Å². The fourth-order valence-corrected chi connectivity index (χ4v) is 2.03. The molecule has 0 amide bonds. The first-order valence-corrected chi connectivity index (χ1v) is 5.42. The smallest absolute Gasteiger partial charge is 0.142 e. The third-order valence-corrected chi connectivity index (χ3v) is 2.82. The lowest BCUT2D eigenvalue weighted by molar-refractivity contribution is 1.04. The van der Waals surface area contributed by atoms with Crippen LogP contribution in [0.3, 0.4) is 0 Å². The van der Waals surface area contributed by atoms with Gasteiger partial charge in [-0.2, -0.15) is 0 Å². The van der Waals surface area contributed by atoms with Crippen molar-refractivity contribution in [2.45, 2.75) is 20.3 Å². The number of hydrogen-bond acceptors (Lipinski definition) is 4. The molecule has 0 N–H and O–H groups in total. The number of thiazole rings is 1. The Hall–Kier alpha value is -1.29. The van der Waals surface area contributed by atoms with E-state index in [1.54, 1.807) is 17.5 Å². The molecule has 2 aromatic heterocycles. The van der Waals surface area contributed by atoms with Crippen LogP contribution in [0.2, 0.25) is 0 Å². The van der Waals surface area contributed by atoms with Crippen LogP contribution in [0.1, 0.15) is 18.4 Å². The van der Waals surface area contributed by atoms with Crippen LogP contribution in [0.25, 0.3) is 10.7 Å². The van der Waals surface area contributed by atoms with Crippen molar-refractivity contribution in [1.29, 1.82) is 0 Å². The minimum Gasteiger partial charge on any atom is -0.242 e. The lowest BCUT2D eigenvalue weighted by Crippen LogP contribution is -1.89. The van der Waals surface area contributed by atoms with Crippen LogP contribution in [0.5, 0.6) is 0 Å². The van der Waals surface area contributed by atoms with Gasteiger partial charge in [-0.25, -0.2) is 15.0 Å². The van der Waals surface area contributed by atoms with Gasteiger partial charge in [0.05, 0.1) is 5.69 Å². The molecule has 0 aliphatic rings. The first-order chi connectivity index (χ1) is 6.79. The number of hydrogen-bond donors (Lipinski definition) is 0. The average molecular weight is 205 g/mol. The van der Waals surface area contributed by atoms with E-state index < -0.39 is 0 Å². The van der Waals surface area contributed by atoms with Crippen LogP contribution in [-0.2, 0) is 6.42 Å². The van der Waals surface area contributed by atoms with Gasteiger partial charge >= 0.3 is 0 Å². The Bertz CT molecular complexity index is 436. The second-order valence-corrected chi connectivity index (χ2v) is 3.84. The second-order valence-electron chi connectivity index (χ2n) is 2.99. The molecule has 0 radical (unpaired) electrons. The van der Waals surface area contributed by atoms with E-state index in [1.807, 2.05) is 13.0 Å². The number of aromatic nitrogens is 3. The van der Waals surface area contributed by atoms with Crippen LogP contribution in [0.4, 0.5) is 0 Å². The molecule has 0 atom stereocenters. The lowest BCUT2D eigenvalue weighted by atomic mass is 10.4. The van der Waals surface area contributed by atoms with Gasteiger partial charge in [0.2, 0.25) is 0 Å². The van der Waals surface area contributed by atoms with E-state index in [-0.39, 0.29) is 0 Å². The third kappa shape index (κ3) is 1.80. The third-order valence-electron chi connectivity index (χ3n) is 1.91. The largest absolute Gasteiger partial charge is 0.242 e. The molecule has 0 bridgehead atoms. The minimum atomic E-state index is 0.788. The molecule has 0 fully saturated rings. The molecule has 0 unspecified atom stereocenters. The fraction of sp³-hybridized carbons (Fsp3) is 0.300. The average Bonchev–Trinajstić information content (AvgIpc) is 2.66. The standard InChI is InChI=1S/C10H11N3S/c1-3-8-6-14-10(13-8)9-4-5-11-7(2)12-9/h4-6H,3H2,1-2H3. The van der Waals surface area contributed by atoms with E-state index in [9.17, 15) is 0 Å². The maximum atomic E-state index is 4.47. The lowest BCUT2D eigenvalue weighted by Gasteiger charge is -1.95. The summed E-state index contributed by atoms with van der Waals surface area (Å²) in [6.45, 7) is 3.99. The molecule has 3 nitrogen and oxygen atoms in total. The Morgan fingerprint density at radius 1 is 1.36 bits per heavy atom. The van der Waals surface area contributed by atoms with Crippen molar-refractivity contribution in [3.05, 3.63) is 29.2 Å². The van der Waals surface area contributed by atoms with Gasteiger partial charge in [-0.1, -0.05) is 6.92 Å². The van der Waals surface area contributed by atoms with E-state index in [2.05, 4.69) is 27.3 Å². The van der Waals surface area contributed by atoms with Crippen molar-refractivity contribution in [1.82, 2.24) is 15.0 Å². The molecule has 0 aliphatic heterocycles. The maximum Gasteiger partial charge on any atom is 0.142 e. The SMILES string of the molecule is CCc1csc(-c2ccnc(C)n2)n1. The quantitative estimate of drug-likeness (QED) is 0.756. The van der Waals surface area contributed by atoms with Gasteiger partial charge < -0.3 is 0 Å². The highest BCUT2D eigenvalue weighted by molar-refractivity contribution is 7.13. The monoisotopic (exact) mass is 205 g/mol. The zero-order chi connectivity index (χ0) is 9.97. The summed E-state index contributed by atoms with van der Waals surface area (Å²) in [5.41, 5.74) is 2.04. The molecule has 72 valence electrons. The zero-order valence-corrected chi connectivity index (χ0v) is 9.01. The van der Waals surface area contributed by atoms with Crippen LogP contribution in [-0.4, -0.2) is 15.0 Å². The molecule has 2 aromatic rings. The Labute approximate surface area is 86.9 Å². The van der Waals surface area contributed by atoms with Gasteiger partial charge in [-0.15, -0.1) is 11.3 Å². The van der Waals surface area contributed by atoms with Crippen LogP contribution in [0.15, 0.2) is 17.6 Å². The highest BCUT2D eigenvalue weighted by atomic mass is 32.1. The molecular formula is C10H11N3S. The molecular weight excluding hydrogens is 194 g/mol. The van der Waals surface area contributed by atoms with Gasteiger partial charge in [0.1, 0.15) is 16.5 Å². The number of aryl methyl sites for hydroxylation is 2.